The molecule has 0 saturated heterocycles. The predicted octanol–water partition coefficient (Wildman–Crippen LogP) is 5.33. The fourth-order valence-corrected chi connectivity index (χ4v) is 3.02. The lowest BCUT2D eigenvalue weighted by Gasteiger charge is -2.17. The fraction of sp³-hybridized carbons (Fsp3) is 0.381. The molecule has 1 atom stereocenters. The van der Waals surface area contributed by atoms with Crippen LogP contribution < -0.4 is 9.47 Å². The Bertz CT molecular complexity index is 715. The number of ether oxygens (including phenoxy) is 2. The van der Waals surface area contributed by atoms with E-state index in [-0.39, 0.29) is 0 Å². The lowest BCUT2D eigenvalue weighted by atomic mass is 9.92. The number of aliphatic carboxylic acids is 1. The minimum absolute atomic E-state index is 0.328. The molecule has 0 bridgehead atoms. The number of halogens is 1. The van der Waals surface area contributed by atoms with Crippen LogP contribution in [0, 0.1) is 0 Å². The molecular formula is C21H25ClO4. The molecule has 140 valence electrons. The topological polar surface area (TPSA) is 55.8 Å². The largest absolute Gasteiger partial charge is 0.490 e. The highest BCUT2D eigenvalue weighted by Gasteiger charge is 2.22. The Labute approximate surface area is 159 Å². The van der Waals surface area contributed by atoms with Crippen LogP contribution in [-0.4, -0.2) is 24.3 Å². The zero-order valence-electron chi connectivity index (χ0n) is 15.2. The molecule has 5 heteroatoms. The molecule has 26 heavy (non-hydrogen) atoms. The van der Waals surface area contributed by atoms with Crippen molar-refractivity contribution in [2.75, 3.05) is 13.2 Å². The van der Waals surface area contributed by atoms with Crippen molar-refractivity contribution in [3.63, 3.8) is 0 Å². The maximum absolute atomic E-state index is 11.8. The van der Waals surface area contributed by atoms with Gasteiger partial charge in [-0.25, -0.2) is 0 Å². The number of rotatable bonds is 10. The summed E-state index contributed by atoms with van der Waals surface area (Å²) >= 11 is 6.41. The van der Waals surface area contributed by atoms with Gasteiger partial charge in [0.2, 0.25) is 0 Å². The Kier molecular flexibility index (Phi) is 7.79. The number of carboxylic acid groups (broad SMARTS) is 1. The van der Waals surface area contributed by atoms with E-state index in [0.29, 0.717) is 36.2 Å². The number of carboxylic acids is 1. The van der Waals surface area contributed by atoms with Gasteiger partial charge >= 0.3 is 5.97 Å². The van der Waals surface area contributed by atoms with Gasteiger partial charge in [0.25, 0.3) is 0 Å². The third kappa shape index (κ3) is 5.40. The Hall–Kier alpha value is -2.20. The Balaban J connectivity index is 2.29. The highest BCUT2D eigenvalue weighted by molar-refractivity contribution is 6.32. The molecule has 0 aliphatic carbocycles. The summed E-state index contributed by atoms with van der Waals surface area (Å²) in [6.45, 7) is 5.02. The first kappa shape index (κ1) is 20.1. The van der Waals surface area contributed by atoms with E-state index in [1.165, 1.54) is 0 Å². The number of hydrogen-bond donors (Lipinski definition) is 1. The molecule has 0 heterocycles. The van der Waals surface area contributed by atoms with Crippen LogP contribution in [0.4, 0.5) is 0 Å². The van der Waals surface area contributed by atoms with Crippen molar-refractivity contribution in [1.29, 1.82) is 0 Å². The van der Waals surface area contributed by atoms with Crippen molar-refractivity contribution < 1.29 is 19.4 Å². The zero-order chi connectivity index (χ0) is 18.9. The van der Waals surface area contributed by atoms with Crippen LogP contribution in [-0.2, 0) is 11.2 Å². The highest BCUT2D eigenvalue weighted by Crippen LogP contribution is 2.38. The van der Waals surface area contributed by atoms with E-state index in [0.717, 1.165) is 24.0 Å². The third-order valence-electron chi connectivity index (χ3n) is 4.05. The van der Waals surface area contributed by atoms with Crippen LogP contribution in [0.1, 0.15) is 43.7 Å². The van der Waals surface area contributed by atoms with E-state index < -0.39 is 11.9 Å². The zero-order valence-corrected chi connectivity index (χ0v) is 16.0. The molecule has 0 saturated carbocycles. The van der Waals surface area contributed by atoms with Crippen molar-refractivity contribution in [1.82, 2.24) is 0 Å². The normalized spacial score (nSPS) is 11.8. The second-order valence-electron chi connectivity index (χ2n) is 6.05. The Morgan fingerprint density at radius 3 is 2.50 bits per heavy atom. The molecule has 0 fully saturated rings. The molecule has 0 aliphatic heterocycles. The maximum atomic E-state index is 11.8. The first-order chi connectivity index (χ1) is 12.6. The third-order valence-corrected chi connectivity index (χ3v) is 4.33. The molecule has 0 aromatic heterocycles. The average molecular weight is 377 g/mol. The van der Waals surface area contributed by atoms with Crippen LogP contribution >= 0.6 is 11.6 Å². The molecule has 0 radical (unpaired) electrons. The van der Waals surface area contributed by atoms with Crippen molar-refractivity contribution in [3.05, 3.63) is 58.6 Å². The van der Waals surface area contributed by atoms with Gasteiger partial charge in [-0.2, -0.15) is 0 Å². The second kappa shape index (κ2) is 10.1. The van der Waals surface area contributed by atoms with Gasteiger partial charge in [-0.3, -0.25) is 4.79 Å². The van der Waals surface area contributed by atoms with Gasteiger partial charge < -0.3 is 14.6 Å². The van der Waals surface area contributed by atoms with Crippen LogP contribution in [0.5, 0.6) is 11.5 Å². The van der Waals surface area contributed by atoms with E-state index in [2.05, 4.69) is 6.92 Å². The van der Waals surface area contributed by atoms with Gasteiger partial charge in [0.15, 0.2) is 11.5 Å². The Morgan fingerprint density at radius 1 is 1.15 bits per heavy atom. The van der Waals surface area contributed by atoms with Crippen LogP contribution in [0.3, 0.4) is 0 Å². The quantitative estimate of drug-likeness (QED) is 0.569. The van der Waals surface area contributed by atoms with Gasteiger partial charge in [0.05, 0.1) is 24.2 Å². The minimum Gasteiger partial charge on any atom is -0.490 e. The van der Waals surface area contributed by atoms with Crippen molar-refractivity contribution in [2.24, 2.45) is 0 Å². The first-order valence-electron chi connectivity index (χ1n) is 8.92. The summed E-state index contributed by atoms with van der Waals surface area (Å²) in [5.74, 6) is -0.428. The van der Waals surface area contributed by atoms with Crippen LogP contribution in [0.15, 0.2) is 42.5 Å². The van der Waals surface area contributed by atoms with Gasteiger partial charge in [0.1, 0.15) is 0 Å². The van der Waals surface area contributed by atoms with Crippen molar-refractivity contribution in [3.8, 4) is 11.5 Å². The number of unbranched alkanes of at least 4 members (excludes halogenated alkanes) is 1. The molecule has 2 aromatic carbocycles. The predicted molar refractivity (Wildman–Crippen MR) is 104 cm³/mol. The molecule has 0 spiro atoms. The van der Waals surface area contributed by atoms with Gasteiger partial charge in [0, 0.05) is 0 Å². The van der Waals surface area contributed by atoms with Crippen LogP contribution in [0.2, 0.25) is 5.02 Å². The standard InChI is InChI=1S/C21H25ClO4/c1-3-5-11-26-20-18(22)13-15(14-19(20)25-4-2)12-17(21(23)24)16-9-7-6-8-10-16/h6-10,13-14,17H,3-5,11-12H2,1-2H3,(H,23,24). The number of benzene rings is 2. The van der Waals surface area contributed by atoms with E-state index in [1.54, 1.807) is 6.07 Å². The molecule has 0 amide bonds. The van der Waals surface area contributed by atoms with Gasteiger partial charge in [-0.05, 0) is 43.0 Å². The molecular weight excluding hydrogens is 352 g/mol. The van der Waals surface area contributed by atoms with Gasteiger partial charge in [-0.1, -0.05) is 55.3 Å². The summed E-state index contributed by atoms with van der Waals surface area (Å²) in [6.07, 6.45) is 2.28. The summed E-state index contributed by atoms with van der Waals surface area (Å²) < 4.78 is 11.5. The number of hydrogen-bond acceptors (Lipinski definition) is 3. The molecule has 2 rings (SSSR count). The summed E-state index contributed by atoms with van der Waals surface area (Å²) in [7, 11) is 0. The molecule has 0 aliphatic rings. The molecule has 4 nitrogen and oxygen atoms in total. The molecule has 1 unspecified atom stereocenters. The van der Waals surface area contributed by atoms with Crippen molar-refractivity contribution >= 4 is 17.6 Å². The monoisotopic (exact) mass is 376 g/mol. The lowest BCUT2D eigenvalue weighted by molar-refractivity contribution is -0.138. The fourth-order valence-electron chi connectivity index (χ4n) is 2.73. The maximum Gasteiger partial charge on any atom is 0.311 e. The number of carbonyl (C=O) groups is 1. The van der Waals surface area contributed by atoms with E-state index in [4.69, 9.17) is 21.1 Å². The van der Waals surface area contributed by atoms with Crippen molar-refractivity contribution in [2.45, 2.75) is 39.0 Å². The van der Waals surface area contributed by atoms with Gasteiger partial charge in [-0.15, -0.1) is 0 Å². The van der Waals surface area contributed by atoms with E-state index in [9.17, 15) is 9.90 Å². The summed E-state index contributed by atoms with van der Waals surface area (Å²) in [5, 5.41) is 10.1. The first-order valence-corrected chi connectivity index (χ1v) is 9.30. The SMILES string of the molecule is CCCCOc1c(Cl)cc(CC(C(=O)O)c2ccccc2)cc1OCC. The highest BCUT2D eigenvalue weighted by atomic mass is 35.5. The summed E-state index contributed by atoms with van der Waals surface area (Å²) in [4.78, 5) is 11.8. The summed E-state index contributed by atoms with van der Waals surface area (Å²) in [6, 6.07) is 12.8. The average Bonchev–Trinajstić information content (AvgIpc) is 2.62. The summed E-state index contributed by atoms with van der Waals surface area (Å²) in [5.41, 5.74) is 1.56. The second-order valence-corrected chi connectivity index (χ2v) is 6.45. The van der Waals surface area contributed by atoms with E-state index in [1.807, 2.05) is 43.3 Å². The van der Waals surface area contributed by atoms with E-state index >= 15 is 0 Å². The Morgan fingerprint density at radius 2 is 1.88 bits per heavy atom. The molecule has 2 aromatic rings. The smallest absolute Gasteiger partial charge is 0.311 e. The molecule has 1 N–H and O–H groups in total. The van der Waals surface area contributed by atoms with Crippen LogP contribution in [0.25, 0.3) is 0 Å². The minimum atomic E-state index is -0.867. The lowest BCUT2D eigenvalue weighted by Crippen LogP contribution is -2.14.